The van der Waals surface area contributed by atoms with Gasteiger partial charge in [0.25, 0.3) is 15.9 Å². The van der Waals surface area contributed by atoms with E-state index in [-0.39, 0.29) is 10.5 Å². The first-order valence-corrected chi connectivity index (χ1v) is 10.7. The largest absolute Gasteiger partial charge is 0.366 e. The summed E-state index contributed by atoms with van der Waals surface area (Å²) in [6, 6.07) is 13.1. The monoisotopic (exact) mass is 508 g/mol. The summed E-state index contributed by atoms with van der Waals surface area (Å²) >= 11 is 2.20. The van der Waals surface area contributed by atoms with Gasteiger partial charge in [-0.3, -0.25) is 14.5 Å². The van der Waals surface area contributed by atoms with E-state index in [0.717, 1.165) is 14.8 Å². The van der Waals surface area contributed by atoms with E-state index in [1.165, 1.54) is 24.4 Å². The Labute approximate surface area is 176 Å². The molecule has 1 heterocycles. The van der Waals surface area contributed by atoms with Gasteiger partial charge in [-0.25, -0.2) is 8.42 Å². The van der Waals surface area contributed by atoms with E-state index in [2.05, 4.69) is 37.6 Å². The molecule has 1 aromatic heterocycles. The lowest BCUT2D eigenvalue weighted by Crippen LogP contribution is -2.16. The average molecular weight is 508 g/mol. The standard InChI is InChI=1S/C19H17IN4O3S/c1-12-9-13(20)4-7-17(12)23-18-10-15(5-6-16(18)19(21)25)28(26,27)24-14-3-2-8-22-11-14/h2-11,23-24H,1H3,(H2,21,25). The molecule has 0 atom stereocenters. The molecule has 0 aliphatic carbocycles. The van der Waals surface area contributed by atoms with Crippen molar-refractivity contribution in [3.63, 3.8) is 0 Å². The van der Waals surface area contributed by atoms with Gasteiger partial charge < -0.3 is 11.1 Å². The van der Waals surface area contributed by atoms with E-state index in [4.69, 9.17) is 5.73 Å². The predicted molar refractivity (Wildman–Crippen MR) is 117 cm³/mol. The summed E-state index contributed by atoms with van der Waals surface area (Å²) in [6.07, 6.45) is 2.95. The van der Waals surface area contributed by atoms with Crippen LogP contribution in [0.1, 0.15) is 15.9 Å². The summed E-state index contributed by atoms with van der Waals surface area (Å²) in [6.45, 7) is 1.92. The second-order valence-corrected chi connectivity index (χ2v) is 8.93. The van der Waals surface area contributed by atoms with Crippen molar-refractivity contribution in [1.82, 2.24) is 4.98 Å². The van der Waals surface area contributed by atoms with Crippen molar-refractivity contribution < 1.29 is 13.2 Å². The number of halogens is 1. The molecule has 144 valence electrons. The minimum absolute atomic E-state index is 0.00739. The maximum atomic E-state index is 12.7. The molecule has 0 saturated carbocycles. The zero-order valence-corrected chi connectivity index (χ0v) is 17.8. The topological polar surface area (TPSA) is 114 Å². The van der Waals surface area contributed by atoms with Crippen LogP contribution in [0.2, 0.25) is 0 Å². The summed E-state index contributed by atoms with van der Waals surface area (Å²) in [4.78, 5) is 15.7. The summed E-state index contributed by atoms with van der Waals surface area (Å²) < 4.78 is 29.0. The van der Waals surface area contributed by atoms with Gasteiger partial charge in [0.15, 0.2) is 0 Å². The number of nitrogens with one attached hydrogen (secondary N) is 2. The van der Waals surface area contributed by atoms with Gasteiger partial charge >= 0.3 is 0 Å². The molecule has 0 bridgehead atoms. The van der Waals surface area contributed by atoms with Crippen LogP contribution in [0.4, 0.5) is 17.1 Å². The fourth-order valence-electron chi connectivity index (χ4n) is 2.56. The Balaban J connectivity index is 2.00. The van der Waals surface area contributed by atoms with Crippen LogP contribution in [0.5, 0.6) is 0 Å². The third kappa shape index (κ3) is 4.60. The Hall–Kier alpha value is -2.66. The van der Waals surface area contributed by atoms with Gasteiger partial charge in [-0.15, -0.1) is 0 Å². The number of pyridine rings is 1. The number of carbonyl (C=O) groups is 1. The molecule has 0 spiro atoms. The predicted octanol–water partition coefficient (Wildman–Crippen LogP) is 3.64. The molecule has 9 heteroatoms. The molecule has 4 N–H and O–H groups in total. The van der Waals surface area contributed by atoms with Crippen molar-refractivity contribution in [2.45, 2.75) is 11.8 Å². The second-order valence-electron chi connectivity index (χ2n) is 6.00. The third-order valence-corrected chi connectivity index (χ3v) is 5.99. The molecule has 1 amide bonds. The lowest BCUT2D eigenvalue weighted by atomic mass is 10.1. The number of aromatic nitrogens is 1. The molecular formula is C19H17IN4O3S. The number of sulfonamides is 1. The number of nitrogens with two attached hydrogens (primary N) is 1. The number of carbonyl (C=O) groups excluding carboxylic acids is 1. The van der Waals surface area contributed by atoms with Gasteiger partial charge in [0.05, 0.1) is 28.0 Å². The van der Waals surface area contributed by atoms with Crippen LogP contribution in [-0.4, -0.2) is 19.3 Å². The van der Waals surface area contributed by atoms with Crippen LogP contribution in [0.3, 0.4) is 0 Å². The number of primary amides is 1. The third-order valence-electron chi connectivity index (χ3n) is 3.94. The number of amides is 1. The SMILES string of the molecule is Cc1cc(I)ccc1Nc1cc(S(=O)(=O)Nc2cccnc2)ccc1C(N)=O. The van der Waals surface area contributed by atoms with Crippen LogP contribution in [0.15, 0.2) is 65.8 Å². The van der Waals surface area contributed by atoms with E-state index in [1.54, 1.807) is 18.3 Å². The first-order chi connectivity index (χ1) is 13.3. The zero-order valence-electron chi connectivity index (χ0n) is 14.8. The maximum Gasteiger partial charge on any atom is 0.262 e. The molecule has 0 aliphatic heterocycles. The summed E-state index contributed by atoms with van der Waals surface area (Å²) in [5, 5.41) is 3.12. The molecule has 28 heavy (non-hydrogen) atoms. The number of nitrogens with zero attached hydrogens (tertiary/aromatic N) is 1. The average Bonchev–Trinajstić information content (AvgIpc) is 2.64. The highest BCUT2D eigenvalue weighted by atomic mass is 127. The summed E-state index contributed by atoms with van der Waals surface area (Å²) in [7, 11) is -3.87. The van der Waals surface area contributed by atoms with Gasteiger partial charge in [-0.1, -0.05) is 0 Å². The minimum atomic E-state index is -3.87. The van der Waals surface area contributed by atoms with Crippen LogP contribution >= 0.6 is 22.6 Å². The minimum Gasteiger partial charge on any atom is -0.366 e. The van der Waals surface area contributed by atoms with Crippen molar-refractivity contribution in [2.75, 3.05) is 10.0 Å². The van der Waals surface area contributed by atoms with Gasteiger partial charge in [0.1, 0.15) is 0 Å². The van der Waals surface area contributed by atoms with Crippen molar-refractivity contribution >= 4 is 55.6 Å². The fraction of sp³-hybridized carbons (Fsp3) is 0.0526. The number of benzene rings is 2. The molecule has 0 fully saturated rings. The number of rotatable bonds is 6. The zero-order chi connectivity index (χ0) is 20.3. The number of aryl methyl sites for hydroxylation is 1. The van der Waals surface area contributed by atoms with E-state index < -0.39 is 15.9 Å². The molecular weight excluding hydrogens is 491 g/mol. The Morgan fingerprint density at radius 2 is 1.89 bits per heavy atom. The highest BCUT2D eigenvalue weighted by Crippen LogP contribution is 2.28. The number of hydrogen-bond donors (Lipinski definition) is 3. The first-order valence-electron chi connectivity index (χ1n) is 8.16. The van der Waals surface area contributed by atoms with Gasteiger partial charge in [0.2, 0.25) is 0 Å². The molecule has 3 aromatic rings. The van der Waals surface area contributed by atoms with Gasteiger partial charge in [0, 0.05) is 15.5 Å². The smallest absolute Gasteiger partial charge is 0.262 e. The van der Waals surface area contributed by atoms with Crippen LogP contribution in [0, 0.1) is 10.5 Å². The molecule has 0 saturated heterocycles. The van der Waals surface area contributed by atoms with Gasteiger partial charge in [-0.05, 0) is 83.6 Å². The molecule has 2 aromatic carbocycles. The van der Waals surface area contributed by atoms with E-state index in [9.17, 15) is 13.2 Å². The summed E-state index contributed by atoms with van der Waals surface area (Å²) in [5.41, 5.74) is 8.00. The normalized spacial score (nSPS) is 11.1. The van der Waals surface area contributed by atoms with Crippen molar-refractivity contribution in [3.8, 4) is 0 Å². The highest BCUT2D eigenvalue weighted by molar-refractivity contribution is 14.1. The van der Waals surface area contributed by atoms with Crippen molar-refractivity contribution in [3.05, 3.63) is 75.6 Å². The maximum absolute atomic E-state index is 12.7. The number of hydrogen-bond acceptors (Lipinski definition) is 5. The molecule has 0 radical (unpaired) electrons. The van der Waals surface area contributed by atoms with Crippen LogP contribution in [-0.2, 0) is 10.0 Å². The van der Waals surface area contributed by atoms with Crippen LogP contribution in [0.25, 0.3) is 0 Å². The van der Waals surface area contributed by atoms with Crippen molar-refractivity contribution in [2.24, 2.45) is 5.73 Å². The fourth-order valence-corrected chi connectivity index (χ4v) is 4.27. The molecule has 3 rings (SSSR count). The Morgan fingerprint density at radius 3 is 2.54 bits per heavy atom. The summed E-state index contributed by atoms with van der Waals surface area (Å²) in [5.74, 6) is -0.658. The Bertz CT molecular complexity index is 1140. The van der Waals surface area contributed by atoms with Gasteiger partial charge in [-0.2, -0.15) is 0 Å². The Morgan fingerprint density at radius 1 is 1.11 bits per heavy atom. The molecule has 0 aliphatic rings. The van der Waals surface area contributed by atoms with E-state index in [0.29, 0.717) is 11.4 Å². The second kappa shape index (κ2) is 8.15. The lowest BCUT2D eigenvalue weighted by molar-refractivity contribution is 0.100. The molecule has 0 unspecified atom stereocenters. The highest BCUT2D eigenvalue weighted by Gasteiger charge is 2.18. The lowest BCUT2D eigenvalue weighted by Gasteiger charge is -2.15. The van der Waals surface area contributed by atoms with Crippen molar-refractivity contribution in [1.29, 1.82) is 0 Å². The number of anilines is 3. The quantitative estimate of drug-likeness (QED) is 0.440. The first kappa shape index (κ1) is 20.1. The Kier molecular flexibility index (Phi) is 5.84. The van der Waals surface area contributed by atoms with E-state index in [1.807, 2.05) is 25.1 Å². The van der Waals surface area contributed by atoms with E-state index >= 15 is 0 Å². The molecule has 7 nitrogen and oxygen atoms in total. The van der Waals surface area contributed by atoms with Crippen LogP contribution < -0.4 is 15.8 Å².